The molecule has 126 valence electrons. The van der Waals surface area contributed by atoms with Crippen molar-refractivity contribution < 1.29 is 9.53 Å². The summed E-state index contributed by atoms with van der Waals surface area (Å²) < 4.78 is 5.55. The van der Waals surface area contributed by atoms with Gasteiger partial charge in [0.15, 0.2) is 0 Å². The molecule has 3 atom stereocenters. The summed E-state index contributed by atoms with van der Waals surface area (Å²) in [5.74, 6) is 0.475. The van der Waals surface area contributed by atoms with Crippen LogP contribution in [0.1, 0.15) is 44.1 Å². The number of aryl methyl sites for hydroxylation is 1. The summed E-state index contributed by atoms with van der Waals surface area (Å²) in [5.41, 5.74) is 7.67. The number of nitrogen functional groups attached to an aromatic ring is 1. The Hall–Kier alpha value is -1.55. The molecule has 2 bridgehead atoms. The molecule has 2 aliphatic rings. The predicted octanol–water partition coefficient (Wildman–Crippen LogP) is 3.01. The summed E-state index contributed by atoms with van der Waals surface area (Å²) in [6, 6.07) is 9.25. The zero-order valence-corrected chi connectivity index (χ0v) is 14.0. The smallest absolute Gasteiger partial charge is 0.305 e. The van der Waals surface area contributed by atoms with Crippen LogP contribution in [0.3, 0.4) is 0 Å². The third-order valence-corrected chi connectivity index (χ3v) is 5.59. The lowest BCUT2D eigenvalue weighted by Gasteiger charge is -2.37. The van der Waals surface area contributed by atoms with E-state index in [9.17, 15) is 4.79 Å². The number of ether oxygens (including phenoxy) is 1. The molecular weight excluding hydrogens is 288 g/mol. The number of carbonyl (C=O) groups excluding carboxylic acids is 1. The number of esters is 1. The van der Waals surface area contributed by atoms with E-state index in [0.29, 0.717) is 25.0 Å². The zero-order chi connectivity index (χ0) is 16.2. The predicted molar refractivity (Wildman–Crippen MR) is 92.0 cm³/mol. The fraction of sp³-hybridized carbons (Fsp3) is 0.632. The van der Waals surface area contributed by atoms with Crippen molar-refractivity contribution in [2.24, 2.45) is 5.92 Å². The number of hydrogen-bond acceptors (Lipinski definition) is 4. The summed E-state index contributed by atoms with van der Waals surface area (Å²) in [6.45, 7) is 0.600. The van der Waals surface area contributed by atoms with Gasteiger partial charge in [-0.15, -0.1) is 0 Å². The lowest BCUT2D eigenvalue weighted by atomic mass is 9.91. The molecule has 2 saturated heterocycles. The Balaban J connectivity index is 1.36. The summed E-state index contributed by atoms with van der Waals surface area (Å²) in [7, 11) is 2.23. The second-order valence-electron chi connectivity index (χ2n) is 7.08. The highest BCUT2D eigenvalue weighted by Gasteiger charge is 2.40. The van der Waals surface area contributed by atoms with Crippen LogP contribution in [-0.2, 0) is 16.0 Å². The van der Waals surface area contributed by atoms with Crippen LogP contribution >= 0.6 is 0 Å². The van der Waals surface area contributed by atoms with Crippen molar-refractivity contribution in [3.63, 3.8) is 0 Å². The first-order valence-corrected chi connectivity index (χ1v) is 8.85. The number of fused-ring (bicyclic) bond motifs is 2. The van der Waals surface area contributed by atoms with Crippen LogP contribution in [0.2, 0.25) is 0 Å². The Bertz CT molecular complexity index is 529. The molecule has 0 saturated carbocycles. The molecular formula is C19H28N2O2. The number of nitrogens with zero attached hydrogens (tertiary/aromatic N) is 1. The Morgan fingerprint density at radius 3 is 2.74 bits per heavy atom. The Morgan fingerprint density at radius 1 is 1.22 bits per heavy atom. The van der Waals surface area contributed by atoms with Gasteiger partial charge in [-0.1, -0.05) is 12.1 Å². The summed E-state index contributed by atoms with van der Waals surface area (Å²) >= 11 is 0. The molecule has 2 heterocycles. The largest absolute Gasteiger partial charge is 0.465 e. The maximum atomic E-state index is 12.0. The molecule has 0 aromatic heterocycles. The monoisotopic (exact) mass is 316 g/mol. The van der Waals surface area contributed by atoms with Crippen LogP contribution in [0.15, 0.2) is 24.3 Å². The van der Waals surface area contributed by atoms with Crippen LogP contribution in [0, 0.1) is 5.92 Å². The third-order valence-electron chi connectivity index (χ3n) is 5.59. The Morgan fingerprint density at radius 2 is 1.96 bits per heavy atom. The lowest BCUT2D eigenvalue weighted by molar-refractivity contribution is -0.146. The molecule has 23 heavy (non-hydrogen) atoms. The summed E-state index contributed by atoms with van der Waals surface area (Å²) in [6.07, 6.45) is 7.27. The molecule has 0 radical (unpaired) electrons. The first-order valence-electron chi connectivity index (χ1n) is 8.85. The molecule has 2 N–H and O–H groups in total. The van der Waals surface area contributed by atoms with E-state index in [1.165, 1.54) is 31.2 Å². The molecule has 2 unspecified atom stereocenters. The Labute approximate surface area is 139 Å². The van der Waals surface area contributed by atoms with E-state index in [2.05, 4.69) is 11.9 Å². The molecule has 0 aliphatic carbocycles. The van der Waals surface area contributed by atoms with Crippen LogP contribution < -0.4 is 5.73 Å². The van der Waals surface area contributed by atoms with E-state index in [0.717, 1.165) is 24.6 Å². The van der Waals surface area contributed by atoms with Gasteiger partial charge in [0.1, 0.15) is 0 Å². The normalized spacial score (nSPS) is 27.1. The maximum Gasteiger partial charge on any atom is 0.305 e. The fourth-order valence-electron chi connectivity index (χ4n) is 4.14. The average molecular weight is 316 g/mol. The van der Waals surface area contributed by atoms with Crippen LogP contribution in [-0.4, -0.2) is 36.6 Å². The van der Waals surface area contributed by atoms with Gasteiger partial charge in [-0.2, -0.15) is 0 Å². The summed E-state index contributed by atoms with van der Waals surface area (Å²) in [5, 5.41) is 0. The second kappa shape index (κ2) is 7.35. The lowest BCUT2D eigenvalue weighted by Crippen LogP contribution is -2.43. The first kappa shape index (κ1) is 16.3. The van der Waals surface area contributed by atoms with E-state index >= 15 is 0 Å². The second-order valence-corrected chi connectivity index (χ2v) is 7.08. The molecule has 2 aliphatic heterocycles. The molecule has 1 aromatic rings. The molecule has 0 spiro atoms. The van der Waals surface area contributed by atoms with Crippen molar-refractivity contribution in [1.29, 1.82) is 0 Å². The number of hydrogen-bond donors (Lipinski definition) is 1. The number of benzene rings is 1. The van der Waals surface area contributed by atoms with Gasteiger partial charge < -0.3 is 15.4 Å². The standard InChI is InChI=1S/C19H28N2O2/c1-21-17-10-7-15(18(21)12-11-17)13-23-19(22)4-2-3-14-5-8-16(20)9-6-14/h5-6,8-9,15,17-18H,2-4,7,10-13,20H2,1H3/t15-,17?,18?/m1/s1. The van der Waals surface area contributed by atoms with Crippen molar-refractivity contribution >= 4 is 11.7 Å². The van der Waals surface area contributed by atoms with Crippen molar-refractivity contribution in [3.05, 3.63) is 29.8 Å². The van der Waals surface area contributed by atoms with Gasteiger partial charge in [0.25, 0.3) is 0 Å². The zero-order valence-electron chi connectivity index (χ0n) is 14.0. The van der Waals surface area contributed by atoms with Crippen molar-refractivity contribution in [2.75, 3.05) is 19.4 Å². The van der Waals surface area contributed by atoms with Crippen molar-refractivity contribution in [2.45, 2.75) is 57.0 Å². The van der Waals surface area contributed by atoms with Gasteiger partial charge in [0.05, 0.1) is 6.61 Å². The number of carbonyl (C=O) groups is 1. The van der Waals surface area contributed by atoms with Crippen LogP contribution in [0.5, 0.6) is 0 Å². The molecule has 4 nitrogen and oxygen atoms in total. The SMILES string of the molecule is CN1C2CCC1[C@@H](COC(=O)CCCc1ccc(N)cc1)CC2. The van der Waals surface area contributed by atoms with Crippen molar-refractivity contribution in [1.82, 2.24) is 4.90 Å². The molecule has 3 rings (SSSR count). The van der Waals surface area contributed by atoms with E-state index in [1.54, 1.807) is 0 Å². The molecule has 2 fully saturated rings. The molecule has 4 heteroatoms. The minimum atomic E-state index is -0.0526. The maximum absolute atomic E-state index is 12.0. The third kappa shape index (κ3) is 4.05. The average Bonchev–Trinajstić information content (AvgIpc) is 2.78. The van der Waals surface area contributed by atoms with Crippen molar-refractivity contribution in [3.8, 4) is 0 Å². The quantitative estimate of drug-likeness (QED) is 0.647. The van der Waals surface area contributed by atoms with Gasteiger partial charge in [0.2, 0.25) is 0 Å². The van der Waals surface area contributed by atoms with E-state index in [1.807, 2.05) is 24.3 Å². The van der Waals surface area contributed by atoms with Crippen LogP contribution in [0.4, 0.5) is 5.69 Å². The molecule has 0 amide bonds. The number of anilines is 1. The number of piperidine rings is 1. The highest BCUT2D eigenvalue weighted by atomic mass is 16.5. The fourth-order valence-corrected chi connectivity index (χ4v) is 4.14. The molecule has 1 aromatic carbocycles. The van der Waals surface area contributed by atoms with E-state index < -0.39 is 0 Å². The topological polar surface area (TPSA) is 55.6 Å². The number of nitrogens with two attached hydrogens (primary N) is 1. The highest BCUT2D eigenvalue weighted by molar-refractivity contribution is 5.69. The first-order chi connectivity index (χ1) is 11.1. The van der Waals surface area contributed by atoms with Gasteiger partial charge in [-0.25, -0.2) is 0 Å². The van der Waals surface area contributed by atoms with Crippen LogP contribution in [0.25, 0.3) is 0 Å². The minimum absolute atomic E-state index is 0.0526. The number of rotatable bonds is 6. The van der Waals surface area contributed by atoms with Gasteiger partial charge in [-0.05, 0) is 63.3 Å². The van der Waals surface area contributed by atoms with E-state index in [4.69, 9.17) is 10.5 Å². The highest BCUT2D eigenvalue weighted by Crippen LogP contribution is 2.37. The summed E-state index contributed by atoms with van der Waals surface area (Å²) in [4.78, 5) is 14.5. The van der Waals surface area contributed by atoms with Gasteiger partial charge >= 0.3 is 5.97 Å². The Kier molecular flexibility index (Phi) is 5.21. The van der Waals surface area contributed by atoms with E-state index in [-0.39, 0.29) is 5.97 Å². The van der Waals surface area contributed by atoms with Gasteiger partial charge in [-0.3, -0.25) is 4.79 Å². The van der Waals surface area contributed by atoms with Gasteiger partial charge in [0, 0.05) is 30.1 Å². The minimum Gasteiger partial charge on any atom is -0.465 e.